The lowest BCUT2D eigenvalue weighted by Crippen LogP contribution is -2.64. The van der Waals surface area contributed by atoms with Crippen molar-refractivity contribution in [2.24, 2.45) is 0 Å². The van der Waals surface area contributed by atoms with Crippen LogP contribution in [-0.4, -0.2) is 53.6 Å². The quantitative estimate of drug-likeness (QED) is 0.851. The van der Waals surface area contributed by atoms with Gasteiger partial charge >= 0.3 is 6.09 Å². The molecule has 22 heavy (non-hydrogen) atoms. The van der Waals surface area contributed by atoms with E-state index in [9.17, 15) is 4.79 Å². The minimum Gasteiger partial charge on any atom is -0.444 e. The number of nitriles is 1. The lowest BCUT2D eigenvalue weighted by Gasteiger charge is -2.48. The molecule has 2 rings (SSSR count). The molecule has 7 heteroatoms. The van der Waals surface area contributed by atoms with Gasteiger partial charge in [-0.25, -0.2) is 4.79 Å². The van der Waals surface area contributed by atoms with Crippen LogP contribution in [0.25, 0.3) is 0 Å². The van der Waals surface area contributed by atoms with Gasteiger partial charge in [0.15, 0.2) is 0 Å². The van der Waals surface area contributed by atoms with Crippen LogP contribution in [0, 0.1) is 11.3 Å². The Hall–Kier alpha value is -2.23. The molecule has 1 amide bonds. The molecule has 1 fully saturated rings. The molecule has 2 heterocycles. The lowest BCUT2D eigenvalue weighted by molar-refractivity contribution is -0.0313. The van der Waals surface area contributed by atoms with Crippen LogP contribution in [-0.2, 0) is 10.3 Å². The van der Waals surface area contributed by atoms with Crippen LogP contribution in [0.3, 0.4) is 0 Å². The molecule has 0 saturated carbocycles. The zero-order chi connectivity index (χ0) is 16.5. The van der Waals surface area contributed by atoms with Gasteiger partial charge in [-0.3, -0.25) is 4.68 Å². The number of ether oxygens (including phenoxy) is 1. The third kappa shape index (κ3) is 3.16. The maximum absolute atomic E-state index is 12.1. The monoisotopic (exact) mass is 305 g/mol. The molecule has 0 bridgehead atoms. The Kier molecular flexibility index (Phi) is 4.05. The molecule has 0 radical (unpaired) electrons. The maximum Gasteiger partial charge on any atom is 0.410 e. The predicted octanol–water partition coefficient (Wildman–Crippen LogP) is 1.81. The van der Waals surface area contributed by atoms with E-state index in [0.29, 0.717) is 19.5 Å². The van der Waals surface area contributed by atoms with Crippen LogP contribution in [0.4, 0.5) is 10.6 Å². The van der Waals surface area contributed by atoms with Crippen molar-refractivity contribution in [2.75, 3.05) is 32.1 Å². The summed E-state index contributed by atoms with van der Waals surface area (Å²) in [6.07, 6.45) is 1.82. The van der Waals surface area contributed by atoms with Gasteiger partial charge in [-0.15, -0.1) is 0 Å². The number of carbonyl (C=O) groups is 1. The first-order valence-corrected chi connectivity index (χ1v) is 7.25. The van der Waals surface area contributed by atoms with Gasteiger partial charge in [-0.05, 0) is 20.8 Å². The van der Waals surface area contributed by atoms with Gasteiger partial charge in [0.05, 0.1) is 25.6 Å². The fraction of sp³-hybridized carbons (Fsp3) is 0.667. The molecule has 1 aliphatic heterocycles. The van der Waals surface area contributed by atoms with Crippen molar-refractivity contribution in [2.45, 2.75) is 38.3 Å². The third-order valence-corrected chi connectivity index (χ3v) is 3.55. The fourth-order valence-corrected chi connectivity index (χ4v) is 2.42. The highest BCUT2D eigenvalue weighted by Gasteiger charge is 2.48. The van der Waals surface area contributed by atoms with Crippen LogP contribution < -0.4 is 4.90 Å². The van der Waals surface area contributed by atoms with Crippen molar-refractivity contribution >= 4 is 11.9 Å². The number of carbonyl (C=O) groups excluding carboxylic acids is 1. The number of anilines is 1. The smallest absolute Gasteiger partial charge is 0.410 e. The van der Waals surface area contributed by atoms with E-state index in [-0.39, 0.29) is 6.09 Å². The molecule has 1 aliphatic rings. The molecule has 1 aromatic heterocycles. The predicted molar refractivity (Wildman–Crippen MR) is 82.6 cm³/mol. The van der Waals surface area contributed by atoms with Crippen LogP contribution in [0.1, 0.15) is 27.2 Å². The molecule has 0 aliphatic carbocycles. The lowest BCUT2D eigenvalue weighted by atomic mass is 9.87. The minimum absolute atomic E-state index is 0.306. The van der Waals surface area contributed by atoms with Crippen molar-refractivity contribution in [1.82, 2.24) is 14.7 Å². The Balaban J connectivity index is 2.10. The first-order chi connectivity index (χ1) is 10.2. The number of hydrogen-bond acceptors (Lipinski definition) is 5. The van der Waals surface area contributed by atoms with Gasteiger partial charge in [0.2, 0.25) is 0 Å². The van der Waals surface area contributed by atoms with Gasteiger partial charge in [-0.1, -0.05) is 0 Å². The summed E-state index contributed by atoms with van der Waals surface area (Å²) in [5, 5.41) is 13.6. The average Bonchev–Trinajstić information content (AvgIpc) is 2.80. The summed E-state index contributed by atoms with van der Waals surface area (Å²) in [6, 6.07) is 4.10. The highest BCUT2D eigenvalue weighted by atomic mass is 16.6. The molecule has 120 valence electrons. The largest absolute Gasteiger partial charge is 0.444 e. The van der Waals surface area contributed by atoms with Crippen LogP contribution in [0.5, 0.6) is 0 Å². The Morgan fingerprint density at radius 1 is 1.50 bits per heavy atom. The first-order valence-electron chi connectivity index (χ1n) is 7.25. The zero-order valence-electron chi connectivity index (χ0n) is 13.8. The van der Waals surface area contributed by atoms with E-state index in [0.717, 1.165) is 5.82 Å². The van der Waals surface area contributed by atoms with Gasteiger partial charge < -0.3 is 14.5 Å². The average molecular weight is 305 g/mol. The number of nitrogens with zero attached hydrogens (tertiary/aromatic N) is 5. The summed E-state index contributed by atoms with van der Waals surface area (Å²) >= 11 is 0. The molecule has 0 spiro atoms. The third-order valence-electron chi connectivity index (χ3n) is 3.55. The number of hydrogen-bond donors (Lipinski definition) is 0. The number of amides is 1. The summed E-state index contributed by atoms with van der Waals surface area (Å²) in [7, 11) is 3.83. The highest BCUT2D eigenvalue weighted by molar-refractivity contribution is 5.69. The Labute approximate surface area is 131 Å². The summed E-state index contributed by atoms with van der Waals surface area (Å²) in [4.78, 5) is 15.6. The number of likely N-dealkylation sites (tertiary alicyclic amines) is 1. The fourth-order valence-electron chi connectivity index (χ4n) is 2.42. The van der Waals surface area contributed by atoms with E-state index in [1.807, 2.05) is 52.0 Å². The van der Waals surface area contributed by atoms with Crippen molar-refractivity contribution < 1.29 is 9.53 Å². The van der Waals surface area contributed by atoms with Gasteiger partial charge in [0, 0.05) is 26.4 Å². The summed E-state index contributed by atoms with van der Waals surface area (Å²) in [5.74, 6) is 0.827. The van der Waals surface area contributed by atoms with E-state index in [1.165, 1.54) is 0 Å². The van der Waals surface area contributed by atoms with Crippen molar-refractivity contribution in [3.8, 4) is 6.07 Å². The Morgan fingerprint density at radius 2 is 2.14 bits per heavy atom. The summed E-state index contributed by atoms with van der Waals surface area (Å²) < 4.78 is 7.16. The molecule has 7 nitrogen and oxygen atoms in total. The standard InChI is InChI=1S/C15H23N5O2/c1-14(2,3)22-13(21)19-10-15(11-19,7-8-16)20-9-6-12(17-20)18(4)5/h6,9H,7,10-11H2,1-5H3. The SMILES string of the molecule is CN(C)c1ccn(C2(CC#N)CN(C(=O)OC(C)(C)C)C2)n1. The Morgan fingerprint density at radius 3 is 2.59 bits per heavy atom. The normalized spacial score (nSPS) is 16.6. The summed E-state index contributed by atoms with van der Waals surface area (Å²) in [5.41, 5.74) is -0.978. The van der Waals surface area contributed by atoms with Crippen LogP contribution >= 0.6 is 0 Å². The molecule has 1 aromatic rings. The second-order valence-corrected chi connectivity index (χ2v) is 6.91. The Bertz CT molecular complexity index is 588. The van der Waals surface area contributed by atoms with E-state index in [4.69, 9.17) is 10.00 Å². The molecule has 0 unspecified atom stereocenters. The number of rotatable bonds is 3. The van der Waals surface area contributed by atoms with Crippen molar-refractivity contribution in [1.29, 1.82) is 5.26 Å². The molecular formula is C15H23N5O2. The number of aromatic nitrogens is 2. The van der Waals surface area contributed by atoms with E-state index in [2.05, 4.69) is 11.2 Å². The van der Waals surface area contributed by atoms with E-state index >= 15 is 0 Å². The second-order valence-electron chi connectivity index (χ2n) is 6.91. The molecule has 0 aromatic carbocycles. The minimum atomic E-state index is -0.519. The highest BCUT2D eigenvalue weighted by Crippen LogP contribution is 2.33. The second kappa shape index (κ2) is 5.52. The first kappa shape index (κ1) is 16.1. The summed E-state index contributed by atoms with van der Waals surface area (Å²) in [6.45, 7) is 6.38. The van der Waals surface area contributed by atoms with Gasteiger partial charge in [0.1, 0.15) is 17.0 Å². The zero-order valence-corrected chi connectivity index (χ0v) is 13.8. The van der Waals surface area contributed by atoms with E-state index < -0.39 is 11.1 Å². The van der Waals surface area contributed by atoms with Crippen LogP contribution in [0.15, 0.2) is 12.3 Å². The molecule has 0 N–H and O–H groups in total. The van der Waals surface area contributed by atoms with Gasteiger partial charge in [-0.2, -0.15) is 10.4 Å². The maximum atomic E-state index is 12.1. The molecule has 1 saturated heterocycles. The molecule has 0 atom stereocenters. The van der Waals surface area contributed by atoms with Crippen molar-refractivity contribution in [3.63, 3.8) is 0 Å². The topological polar surface area (TPSA) is 74.4 Å². The molecular weight excluding hydrogens is 282 g/mol. The van der Waals surface area contributed by atoms with Gasteiger partial charge in [0.25, 0.3) is 0 Å². The van der Waals surface area contributed by atoms with Crippen LogP contribution in [0.2, 0.25) is 0 Å². The van der Waals surface area contributed by atoms with Crippen molar-refractivity contribution in [3.05, 3.63) is 12.3 Å². The van der Waals surface area contributed by atoms with E-state index in [1.54, 1.807) is 9.58 Å².